The van der Waals surface area contributed by atoms with E-state index in [1.165, 1.54) is 12.1 Å². The Labute approximate surface area is 213 Å². The van der Waals surface area contributed by atoms with Crippen LogP contribution in [0.3, 0.4) is 0 Å². The molecule has 0 aliphatic carbocycles. The van der Waals surface area contributed by atoms with Crippen LogP contribution in [-0.4, -0.2) is 78.7 Å². The minimum atomic E-state index is -1.55. The third-order valence-electron chi connectivity index (χ3n) is 7.87. The lowest BCUT2D eigenvalue weighted by Gasteiger charge is -2.46. The van der Waals surface area contributed by atoms with Crippen LogP contribution >= 0.6 is 0 Å². The number of para-hydroxylation sites is 1. The number of halogens is 4. The number of alkyl halides is 2. The number of hydrogen-bond donors (Lipinski definition) is 1. The maximum absolute atomic E-state index is 15.8. The lowest BCUT2D eigenvalue weighted by atomic mass is 9.86. The molecular weight excluding hydrogens is 486 g/mol. The Morgan fingerprint density at radius 2 is 1.86 bits per heavy atom. The molecular formula is C28H31F4N3O2. The van der Waals surface area contributed by atoms with E-state index >= 15 is 13.2 Å². The van der Waals surface area contributed by atoms with Gasteiger partial charge >= 0.3 is 0 Å². The molecule has 2 aromatic carbocycles. The number of nitrogens with zero attached hydrogens (tertiary/aromatic N) is 2. The summed E-state index contributed by atoms with van der Waals surface area (Å²) < 4.78 is 70.1. The summed E-state index contributed by atoms with van der Waals surface area (Å²) in [6, 6.07) is 9.26. The number of likely N-dealkylation sites (tertiary alicyclic amines) is 1. The predicted molar refractivity (Wildman–Crippen MR) is 132 cm³/mol. The summed E-state index contributed by atoms with van der Waals surface area (Å²) in [5, 5.41) is 1.01. The van der Waals surface area contributed by atoms with E-state index < -0.39 is 23.3 Å². The van der Waals surface area contributed by atoms with Gasteiger partial charge in [0.15, 0.2) is 5.67 Å². The van der Waals surface area contributed by atoms with E-state index in [0.29, 0.717) is 38.2 Å². The number of aromatic nitrogens is 1. The van der Waals surface area contributed by atoms with Crippen molar-refractivity contribution in [2.45, 2.75) is 43.6 Å². The first kappa shape index (κ1) is 24.7. The monoisotopic (exact) mass is 517 g/mol. The molecule has 2 saturated heterocycles. The minimum Gasteiger partial charge on any atom is -0.488 e. The van der Waals surface area contributed by atoms with E-state index in [4.69, 9.17) is 9.47 Å². The molecule has 2 atom stereocenters. The van der Waals surface area contributed by atoms with Crippen LogP contribution < -0.4 is 4.74 Å². The van der Waals surface area contributed by atoms with Crippen LogP contribution in [0.4, 0.5) is 17.6 Å². The van der Waals surface area contributed by atoms with Crippen molar-refractivity contribution in [3.8, 4) is 5.75 Å². The molecule has 37 heavy (non-hydrogen) atoms. The fourth-order valence-electron chi connectivity index (χ4n) is 5.95. The van der Waals surface area contributed by atoms with E-state index in [1.54, 1.807) is 0 Å². The first-order chi connectivity index (χ1) is 17.8. The quantitative estimate of drug-likeness (QED) is 0.430. The van der Waals surface area contributed by atoms with Gasteiger partial charge in [0, 0.05) is 66.5 Å². The van der Waals surface area contributed by atoms with Gasteiger partial charge in [0.1, 0.15) is 23.5 Å². The van der Waals surface area contributed by atoms with Crippen molar-refractivity contribution < 1.29 is 27.0 Å². The summed E-state index contributed by atoms with van der Waals surface area (Å²) in [5.41, 5.74) is 0.913. The summed E-state index contributed by atoms with van der Waals surface area (Å²) in [6.07, 6.45) is 0.904. The maximum atomic E-state index is 15.8. The average molecular weight is 518 g/mol. The molecule has 4 heterocycles. The fraction of sp³-hybridized carbons (Fsp3) is 0.500. The highest BCUT2D eigenvalue weighted by Crippen LogP contribution is 2.44. The standard InChI is InChI=1S/C28H31F4N3O2/c1-17-9-21-20-5-2-3-6-24(20)33-26(21)27(35(17)14-28(32)15-36-16-28)25-22(30)10-18(11-23(25)31)37-19-12-34(13-19)8-4-7-29/h2-3,5-6,10-11,17,19,27,33H,4,7-9,12-16H2,1H3/t17-,27-/m1/s1. The van der Waals surface area contributed by atoms with E-state index in [1.807, 2.05) is 41.0 Å². The van der Waals surface area contributed by atoms with Crippen LogP contribution in [0, 0.1) is 11.6 Å². The molecule has 0 bridgehead atoms. The number of nitrogens with one attached hydrogen (secondary N) is 1. The van der Waals surface area contributed by atoms with Crippen LogP contribution in [-0.2, 0) is 11.2 Å². The van der Waals surface area contributed by atoms with Gasteiger partial charge in [0.2, 0.25) is 0 Å². The van der Waals surface area contributed by atoms with Gasteiger partial charge in [0.25, 0.3) is 0 Å². The highest BCUT2D eigenvalue weighted by Gasteiger charge is 2.47. The Morgan fingerprint density at radius 1 is 1.14 bits per heavy atom. The molecule has 0 radical (unpaired) electrons. The lowest BCUT2D eigenvalue weighted by molar-refractivity contribution is -0.148. The van der Waals surface area contributed by atoms with Gasteiger partial charge in [0.05, 0.1) is 25.9 Å². The molecule has 0 spiro atoms. The Bertz CT molecular complexity index is 1260. The molecule has 1 N–H and O–H groups in total. The average Bonchev–Trinajstić information content (AvgIpc) is 3.18. The van der Waals surface area contributed by atoms with E-state index in [2.05, 4.69) is 4.98 Å². The van der Waals surface area contributed by atoms with Crippen LogP contribution in [0.25, 0.3) is 10.9 Å². The number of H-pyrrole nitrogens is 1. The first-order valence-electron chi connectivity index (χ1n) is 12.9. The molecule has 0 saturated carbocycles. The van der Waals surface area contributed by atoms with Crippen molar-refractivity contribution in [3.05, 3.63) is 64.9 Å². The molecule has 1 aromatic heterocycles. The number of ether oxygens (including phenoxy) is 2. The van der Waals surface area contributed by atoms with Crippen molar-refractivity contribution in [3.63, 3.8) is 0 Å². The van der Waals surface area contributed by atoms with Crippen molar-refractivity contribution >= 4 is 10.9 Å². The maximum Gasteiger partial charge on any atom is 0.169 e. The molecule has 9 heteroatoms. The normalized spacial score (nSPS) is 24.0. The third kappa shape index (κ3) is 4.51. The van der Waals surface area contributed by atoms with Gasteiger partial charge in [-0.2, -0.15) is 0 Å². The SMILES string of the molecule is C[C@@H]1Cc2c([nH]c3ccccc23)[C@@H](c2c(F)cc(OC3CN(CCCF)C3)cc2F)N1CC1(F)COC1. The molecule has 3 aliphatic heterocycles. The van der Waals surface area contributed by atoms with E-state index in [-0.39, 0.29) is 49.9 Å². The second-order valence-corrected chi connectivity index (χ2v) is 10.7. The molecule has 6 rings (SSSR count). The van der Waals surface area contributed by atoms with Crippen LogP contribution in [0.15, 0.2) is 36.4 Å². The lowest BCUT2D eigenvalue weighted by Crippen LogP contribution is -2.57. The summed E-state index contributed by atoms with van der Waals surface area (Å²) in [7, 11) is 0. The van der Waals surface area contributed by atoms with Gasteiger partial charge in [-0.05, 0) is 31.4 Å². The fourth-order valence-corrected chi connectivity index (χ4v) is 5.95. The summed E-state index contributed by atoms with van der Waals surface area (Å²) in [5.74, 6) is -1.33. The summed E-state index contributed by atoms with van der Waals surface area (Å²) in [6.45, 7) is 3.40. The van der Waals surface area contributed by atoms with Crippen molar-refractivity contribution in [2.75, 3.05) is 46.1 Å². The predicted octanol–water partition coefficient (Wildman–Crippen LogP) is 4.94. The van der Waals surface area contributed by atoms with Gasteiger partial charge in [-0.25, -0.2) is 13.2 Å². The Hall–Kier alpha value is -2.62. The molecule has 2 fully saturated rings. The first-order valence-corrected chi connectivity index (χ1v) is 12.9. The van der Waals surface area contributed by atoms with Crippen LogP contribution in [0.5, 0.6) is 5.75 Å². The molecule has 3 aromatic rings. The van der Waals surface area contributed by atoms with Gasteiger partial charge in [-0.15, -0.1) is 0 Å². The van der Waals surface area contributed by atoms with Crippen LogP contribution in [0.2, 0.25) is 0 Å². The summed E-state index contributed by atoms with van der Waals surface area (Å²) >= 11 is 0. The molecule has 0 amide bonds. The van der Waals surface area contributed by atoms with Gasteiger partial charge in [-0.1, -0.05) is 18.2 Å². The minimum absolute atomic E-state index is 0.0154. The second kappa shape index (κ2) is 9.60. The molecule has 3 aliphatic rings. The highest BCUT2D eigenvalue weighted by atomic mass is 19.1. The number of rotatable bonds is 8. The number of hydrogen-bond acceptors (Lipinski definition) is 4. The molecule has 0 unspecified atom stereocenters. The second-order valence-electron chi connectivity index (χ2n) is 10.7. The zero-order chi connectivity index (χ0) is 25.7. The van der Waals surface area contributed by atoms with Gasteiger partial charge < -0.3 is 14.5 Å². The molecule has 5 nitrogen and oxygen atoms in total. The van der Waals surface area contributed by atoms with Crippen molar-refractivity contribution in [2.24, 2.45) is 0 Å². The summed E-state index contributed by atoms with van der Waals surface area (Å²) in [4.78, 5) is 7.29. The zero-order valence-corrected chi connectivity index (χ0v) is 20.8. The zero-order valence-electron chi connectivity index (χ0n) is 20.8. The van der Waals surface area contributed by atoms with E-state index in [0.717, 1.165) is 16.5 Å². The Balaban J connectivity index is 1.34. The third-order valence-corrected chi connectivity index (χ3v) is 7.87. The smallest absolute Gasteiger partial charge is 0.169 e. The number of aromatic amines is 1. The number of fused-ring (bicyclic) bond motifs is 3. The van der Waals surface area contributed by atoms with Gasteiger partial charge in [-0.3, -0.25) is 14.2 Å². The Kier molecular flexibility index (Phi) is 6.41. The topological polar surface area (TPSA) is 40.7 Å². The highest BCUT2D eigenvalue weighted by molar-refractivity contribution is 5.85. The van der Waals surface area contributed by atoms with Crippen molar-refractivity contribution in [1.82, 2.24) is 14.8 Å². The number of benzene rings is 2. The van der Waals surface area contributed by atoms with Crippen molar-refractivity contribution in [1.29, 1.82) is 0 Å². The van der Waals surface area contributed by atoms with E-state index in [9.17, 15) is 4.39 Å². The molecule has 198 valence electrons. The van der Waals surface area contributed by atoms with Crippen LogP contribution in [0.1, 0.15) is 36.2 Å². The largest absolute Gasteiger partial charge is 0.488 e. The Morgan fingerprint density at radius 3 is 2.54 bits per heavy atom.